The van der Waals surface area contributed by atoms with Crippen LogP contribution in [0, 0.1) is 5.82 Å². The molecule has 1 N–H and O–H groups in total. The lowest BCUT2D eigenvalue weighted by Crippen LogP contribution is -2.42. The number of benzene rings is 2. The van der Waals surface area contributed by atoms with Gasteiger partial charge >= 0.3 is 0 Å². The van der Waals surface area contributed by atoms with Gasteiger partial charge in [-0.25, -0.2) is 4.39 Å². The standard InChI is InChI=1S/C17H14BrFN2O/c18-15-2-1-3-16-14(15)10-21(20-16)13-8-17(22,9-13)11-4-6-12(19)7-5-11/h1-7,10,13,22H,8-9H2. The summed E-state index contributed by atoms with van der Waals surface area (Å²) in [7, 11) is 0. The van der Waals surface area contributed by atoms with Crippen molar-refractivity contribution in [1.82, 2.24) is 9.78 Å². The number of fused-ring (bicyclic) bond motifs is 1. The quantitative estimate of drug-likeness (QED) is 0.744. The summed E-state index contributed by atoms with van der Waals surface area (Å²) in [6, 6.07) is 12.2. The van der Waals surface area contributed by atoms with Crippen LogP contribution >= 0.6 is 15.9 Å². The lowest BCUT2D eigenvalue weighted by Gasteiger charge is -2.44. The van der Waals surface area contributed by atoms with Gasteiger partial charge in [0.25, 0.3) is 0 Å². The Kier molecular flexibility index (Phi) is 3.09. The monoisotopic (exact) mass is 360 g/mol. The predicted octanol–water partition coefficient (Wildman–Crippen LogP) is 4.16. The van der Waals surface area contributed by atoms with Gasteiger partial charge in [0.2, 0.25) is 0 Å². The molecule has 1 saturated carbocycles. The summed E-state index contributed by atoms with van der Waals surface area (Å²) in [5.41, 5.74) is 0.822. The van der Waals surface area contributed by atoms with E-state index in [9.17, 15) is 9.50 Å². The van der Waals surface area contributed by atoms with Crippen molar-refractivity contribution in [1.29, 1.82) is 0 Å². The summed E-state index contributed by atoms with van der Waals surface area (Å²) in [5, 5.41) is 16.3. The first kappa shape index (κ1) is 13.9. The molecule has 3 nitrogen and oxygen atoms in total. The zero-order valence-electron chi connectivity index (χ0n) is 11.7. The third kappa shape index (κ3) is 2.16. The number of hydrogen-bond acceptors (Lipinski definition) is 2. The van der Waals surface area contributed by atoms with Gasteiger partial charge in [-0.3, -0.25) is 4.68 Å². The third-order valence-electron chi connectivity index (χ3n) is 4.42. The zero-order chi connectivity index (χ0) is 15.3. The Morgan fingerprint density at radius 3 is 2.59 bits per heavy atom. The van der Waals surface area contributed by atoms with E-state index >= 15 is 0 Å². The number of aromatic nitrogens is 2. The van der Waals surface area contributed by atoms with Crippen molar-refractivity contribution in [3.63, 3.8) is 0 Å². The molecule has 3 aromatic rings. The van der Waals surface area contributed by atoms with E-state index in [1.54, 1.807) is 12.1 Å². The van der Waals surface area contributed by atoms with E-state index in [1.165, 1.54) is 12.1 Å². The van der Waals surface area contributed by atoms with E-state index in [4.69, 9.17) is 0 Å². The summed E-state index contributed by atoms with van der Waals surface area (Å²) in [6.07, 6.45) is 3.18. The SMILES string of the molecule is OC1(c2ccc(F)cc2)CC(n2cc3c(Br)cccc3n2)C1. The first-order valence-corrected chi connectivity index (χ1v) is 7.96. The second-order valence-electron chi connectivity index (χ2n) is 5.88. The van der Waals surface area contributed by atoms with E-state index in [0.29, 0.717) is 12.8 Å². The van der Waals surface area contributed by atoms with Crippen LogP contribution in [0.5, 0.6) is 0 Å². The molecule has 1 aromatic heterocycles. The molecule has 4 rings (SSSR count). The van der Waals surface area contributed by atoms with Gasteiger partial charge in [-0.1, -0.05) is 34.1 Å². The van der Waals surface area contributed by atoms with Crippen molar-refractivity contribution >= 4 is 26.8 Å². The molecule has 0 unspecified atom stereocenters. The van der Waals surface area contributed by atoms with Gasteiger partial charge in [0.05, 0.1) is 17.2 Å². The zero-order valence-corrected chi connectivity index (χ0v) is 13.3. The van der Waals surface area contributed by atoms with Gasteiger partial charge in [-0.15, -0.1) is 0 Å². The highest BCUT2D eigenvalue weighted by Crippen LogP contribution is 2.48. The molecule has 0 spiro atoms. The Morgan fingerprint density at radius 2 is 1.91 bits per heavy atom. The van der Waals surface area contributed by atoms with Gasteiger partial charge in [0.1, 0.15) is 5.82 Å². The summed E-state index contributed by atoms with van der Waals surface area (Å²) in [6.45, 7) is 0. The molecule has 2 aromatic carbocycles. The number of hydrogen-bond donors (Lipinski definition) is 1. The Morgan fingerprint density at radius 1 is 1.18 bits per heavy atom. The smallest absolute Gasteiger partial charge is 0.123 e. The topological polar surface area (TPSA) is 38.0 Å². The number of aliphatic hydroxyl groups is 1. The lowest BCUT2D eigenvalue weighted by atomic mass is 9.71. The van der Waals surface area contributed by atoms with E-state index < -0.39 is 5.60 Å². The molecule has 1 heterocycles. The van der Waals surface area contributed by atoms with Gasteiger partial charge in [-0.05, 0) is 29.8 Å². The average molecular weight is 361 g/mol. The molecule has 0 saturated heterocycles. The average Bonchev–Trinajstić information content (AvgIpc) is 2.90. The Balaban J connectivity index is 1.59. The number of halogens is 2. The van der Waals surface area contributed by atoms with Crippen LogP contribution in [0.1, 0.15) is 24.4 Å². The van der Waals surface area contributed by atoms with Crippen molar-refractivity contribution in [2.24, 2.45) is 0 Å². The minimum atomic E-state index is -0.881. The second-order valence-corrected chi connectivity index (χ2v) is 6.74. The van der Waals surface area contributed by atoms with Crippen LogP contribution in [0.25, 0.3) is 10.9 Å². The third-order valence-corrected chi connectivity index (χ3v) is 5.11. The van der Waals surface area contributed by atoms with Crippen LogP contribution in [-0.4, -0.2) is 14.9 Å². The van der Waals surface area contributed by atoms with Gasteiger partial charge in [0, 0.05) is 28.9 Å². The fraction of sp³-hybridized carbons (Fsp3) is 0.235. The summed E-state index contributed by atoms with van der Waals surface area (Å²) in [4.78, 5) is 0. The maximum absolute atomic E-state index is 13.0. The van der Waals surface area contributed by atoms with Crippen molar-refractivity contribution in [2.75, 3.05) is 0 Å². The van der Waals surface area contributed by atoms with Crippen LogP contribution in [-0.2, 0) is 5.60 Å². The minimum absolute atomic E-state index is 0.161. The first-order valence-electron chi connectivity index (χ1n) is 7.17. The van der Waals surface area contributed by atoms with Crippen LogP contribution < -0.4 is 0 Å². The lowest BCUT2D eigenvalue weighted by molar-refractivity contribution is -0.0767. The van der Waals surface area contributed by atoms with Crippen molar-refractivity contribution in [2.45, 2.75) is 24.5 Å². The summed E-state index contributed by atoms with van der Waals surface area (Å²) >= 11 is 3.53. The molecule has 5 heteroatoms. The van der Waals surface area contributed by atoms with Crippen molar-refractivity contribution < 1.29 is 9.50 Å². The molecule has 0 bridgehead atoms. The highest BCUT2D eigenvalue weighted by atomic mass is 79.9. The molecule has 0 aliphatic heterocycles. The maximum atomic E-state index is 13.0. The molecule has 1 fully saturated rings. The van der Waals surface area contributed by atoms with Crippen LogP contribution in [0.15, 0.2) is 53.1 Å². The molecule has 1 aliphatic rings. The van der Waals surface area contributed by atoms with Crippen LogP contribution in [0.3, 0.4) is 0 Å². The molecule has 22 heavy (non-hydrogen) atoms. The van der Waals surface area contributed by atoms with Crippen molar-refractivity contribution in [3.05, 3.63) is 64.5 Å². The van der Waals surface area contributed by atoms with Crippen LogP contribution in [0.4, 0.5) is 4.39 Å². The van der Waals surface area contributed by atoms with E-state index in [2.05, 4.69) is 21.0 Å². The first-order chi connectivity index (χ1) is 10.5. The maximum Gasteiger partial charge on any atom is 0.123 e. The molecular formula is C17H14BrFN2O. The Bertz CT molecular complexity index is 837. The van der Waals surface area contributed by atoms with Gasteiger partial charge < -0.3 is 5.11 Å². The molecule has 1 aliphatic carbocycles. The fourth-order valence-corrected chi connectivity index (χ4v) is 3.57. The number of nitrogens with zero attached hydrogens (tertiary/aromatic N) is 2. The highest BCUT2D eigenvalue weighted by Gasteiger charge is 2.45. The van der Waals surface area contributed by atoms with Gasteiger partial charge in [0.15, 0.2) is 0 Å². The predicted molar refractivity (Wildman–Crippen MR) is 86.0 cm³/mol. The second kappa shape index (κ2) is 4.89. The molecule has 0 radical (unpaired) electrons. The Labute approximate surface area is 135 Å². The molecular weight excluding hydrogens is 347 g/mol. The summed E-state index contributed by atoms with van der Waals surface area (Å²) < 4.78 is 15.9. The Hall–Kier alpha value is -1.72. The van der Waals surface area contributed by atoms with E-state index in [1.807, 2.05) is 29.1 Å². The molecule has 0 atom stereocenters. The normalized spacial score (nSPS) is 24.4. The molecule has 112 valence electrons. The minimum Gasteiger partial charge on any atom is -0.385 e. The van der Waals surface area contributed by atoms with E-state index in [-0.39, 0.29) is 11.9 Å². The van der Waals surface area contributed by atoms with Crippen molar-refractivity contribution in [3.8, 4) is 0 Å². The number of rotatable bonds is 2. The molecule has 0 amide bonds. The van der Waals surface area contributed by atoms with Crippen LogP contribution in [0.2, 0.25) is 0 Å². The van der Waals surface area contributed by atoms with E-state index in [0.717, 1.165) is 20.9 Å². The highest BCUT2D eigenvalue weighted by molar-refractivity contribution is 9.10. The summed E-state index contributed by atoms with van der Waals surface area (Å²) in [5.74, 6) is -0.286. The van der Waals surface area contributed by atoms with Gasteiger partial charge in [-0.2, -0.15) is 5.10 Å². The largest absolute Gasteiger partial charge is 0.385 e. The fourth-order valence-electron chi connectivity index (χ4n) is 3.12.